The average molecular weight is 389 g/mol. The van der Waals surface area contributed by atoms with Crippen LogP contribution in [-0.2, 0) is 22.4 Å². The molecule has 2 amide bonds. The van der Waals surface area contributed by atoms with Crippen LogP contribution in [0.5, 0.6) is 0 Å². The van der Waals surface area contributed by atoms with Gasteiger partial charge in [-0.2, -0.15) is 0 Å². The highest BCUT2D eigenvalue weighted by Crippen LogP contribution is 2.58. The van der Waals surface area contributed by atoms with Gasteiger partial charge >= 0.3 is 0 Å². The van der Waals surface area contributed by atoms with Gasteiger partial charge in [0.1, 0.15) is 0 Å². The van der Waals surface area contributed by atoms with Gasteiger partial charge in [-0.05, 0) is 73.5 Å². The van der Waals surface area contributed by atoms with Crippen LogP contribution < -0.4 is 15.5 Å². The van der Waals surface area contributed by atoms with Crippen LogP contribution >= 0.6 is 0 Å². The van der Waals surface area contributed by atoms with E-state index >= 15 is 0 Å². The van der Waals surface area contributed by atoms with Gasteiger partial charge in [-0.1, -0.05) is 30.3 Å². The standard InChI is InChI=1S/C24H27N3O2/c28-22(27-14-9-18-3-1-2-4-21(18)27)15-17-5-7-19(8-6-17)26-23(29)20-16-24(20)10-12-25-13-11-24/h1-8,20,25H,9-16H2,(H,26,29). The number of para-hydroxylation sites is 1. The fourth-order valence-electron chi connectivity index (χ4n) is 5.00. The maximum Gasteiger partial charge on any atom is 0.231 e. The van der Waals surface area contributed by atoms with Crippen molar-refractivity contribution < 1.29 is 9.59 Å². The quantitative estimate of drug-likeness (QED) is 0.845. The van der Waals surface area contributed by atoms with Gasteiger partial charge in [-0.25, -0.2) is 0 Å². The third-order valence-corrected chi connectivity index (χ3v) is 6.87. The van der Waals surface area contributed by atoms with Crippen LogP contribution in [-0.4, -0.2) is 31.4 Å². The monoisotopic (exact) mass is 389 g/mol. The highest BCUT2D eigenvalue weighted by molar-refractivity contribution is 5.97. The van der Waals surface area contributed by atoms with Crippen molar-refractivity contribution in [3.63, 3.8) is 0 Å². The Morgan fingerprint density at radius 3 is 2.62 bits per heavy atom. The predicted octanol–water partition coefficient (Wildman–Crippen LogP) is 3.15. The molecule has 0 aromatic heterocycles. The second kappa shape index (κ2) is 7.30. The summed E-state index contributed by atoms with van der Waals surface area (Å²) in [5, 5.41) is 6.44. The highest BCUT2D eigenvalue weighted by atomic mass is 16.2. The van der Waals surface area contributed by atoms with E-state index in [1.807, 2.05) is 47.4 Å². The molecule has 1 atom stereocenters. The minimum absolute atomic E-state index is 0.123. The van der Waals surface area contributed by atoms with Crippen molar-refractivity contribution in [1.29, 1.82) is 0 Å². The van der Waals surface area contributed by atoms with E-state index in [0.29, 0.717) is 6.42 Å². The van der Waals surface area contributed by atoms with Gasteiger partial charge in [0.2, 0.25) is 11.8 Å². The Bertz CT molecular complexity index is 931. The summed E-state index contributed by atoms with van der Waals surface area (Å²) in [4.78, 5) is 27.3. The lowest BCUT2D eigenvalue weighted by Crippen LogP contribution is -2.31. The van der Waals surface area contributed by atoms with Crippen molar-refractivity contribution in [2.45, 2.75) is 32.1 Å². The van der Waals surface area contributed by atoms with Gasteiger partial charge in [0.15, 0.2) is 0 Å². The molecule has 2 N–H and O–H groups in total. The predicted molar refractivity (Wildman–Crippen MR) is 114 cm³/mol. The number of hydrogen-bond donors (Lipinski definition) is 2. The van der Waals surface area contributed by atoms with Crippen LogP contribution in [0, 0.1) is 11.3 Å². The molecule has 2 heterocycles. The van der Waals surface area contributed by atoms with Crippen molar-refractivity contribution in [2.75, 3.05) is 29.9 Å². The summed E-state index contributed by atoms with van der Waals surface area (Å²) >= 11 is 0. The lowest BCUT2D eigenvalue weighted by molar-refractivity contribution is -0.119. The molecule has 3 aliphatic rings. The minimum Gasteiger partial charge on any atom is -0.326 e. The number of anilines is 2. The number of piperidine rings is 1. The van der Waals surface area contributed by atoms with Crippen LogP contribution in [0.15, 0.2) is 48.5 Å². The second-order valence-electron chi connectivity index (χ2n) is 8.66. The average Bonchev–Trinajstić information content (AvgIpc) is 3.25. The Morgan fingerprint density at radius 1 is 1.07 bits per heavy atom. The molecular weight excluding hydrogens is 362 g/mol. The maximum atomic E-state index is 12.8. The summed E-state index contributed by atoms with van der Waals surface area (Å²) in [5.41, 5.74) is 4.31. The Balaban J connectivity index is 1.18. The van der Waals surface area contributed by atoms with Gasteiger partial charge in [-0.15, -0.1) is 0 Å². The van der Waals surface area contributed by atoms with E-state index in [4.69, 9.17) is 0 Å². The molecular formula is C24H27N3O2. The molecule has 0 radical (unpaired) electrons. The summed E-state index contributed by atoms with van der Waals surface area (Å²) in [5.74, 6) is 0.419. The molecule has 5 nitrogen and oxygen atoms in total. The number of nitrogens with zero attached hydrogens (tertiary/aromatic N) is 1. The Labute approximate surface area is 171 Å². The van der Waals surface area contributed by atoms with Crippen LogP contribution in [0.25, 0.3) is 0 Å². The Kier molecular flexibility index (Phi) is 4.63. The van der Waals surface area contributed by atoms with E-state index in [1.54, 1.807) is 0 Å². The number of rotatable bonds is 4. The van der Waals surface area contributed by atoms with E-state index in [1.165, 1.54) is 5.56 Å². The molecule has 29 heavy (non-hydrogen) atoms. The van der Waals surface area contributed by atoms with Crippen LogP contribution in [0.3, 0.4) is 0 Å². The summed E-state index contributed by atoms with van der Waals surface area (Å²) < 4.78 is 0. The molecule has 5 heteroatoms. The first-order chi connectivity index (χ1) is 14.1. The van der Waals surface area contributed by atoms with E-state index in [-0.39, 0.29) is 23.1 Å². The molecule has 1 unspecified atom stereocenters. The van der Waals surface area contributed by atoms with Crippen LogP contribution in [0.1, 0.15) is 30.4 Å². The molecule has 2 aromatic carbocycles. The molecule has 150 valence electrons. The number of benzene rings is 2. The largest absolute Gasteiger partial charge is 0.326 e. The molecule has 2 aliphatic heterocycles. The molecule has 0 bridgehead atoms. The first-order valence-electron chi connectivity index (χ1n) is 10.6. The molecule has 1 saturated heterocycles. The summed E-state index contributed by atoms with van der Waals surface area (Å²) in [6.45, 7) is 2.80. The molecule has 1 aliphatic carbocycles. The highest BCUT2D eigenvalue weighted by Gasteiger charge is 2.57. The van der Waals surface area contributed by atoms with E-state index in [0.717, 1.165) is 62.3 Å². The SMILES string of the molecule is O=C(Nc1ccc(CC(=O)N2CCc3ccccc32)cc1)C1CC12CCNCC2. The van der Waals surface area contributed by atoms with Crippen molar-refractivity contribution >= 4 is 23.2 Å². The van der Waals surface area contributed by atoms with Crippen molar-refractivity contribution in [1.82, 2.24) is 5.32 Å². The van der Waals surface area contributed by atoms with E-state index in [9.17, 15) is 9.59 Å². The minimum atomic E-state index is 0.123. The zero-order chi connectivity index (χ0) is 19.8. The summed E-state index contributed by atoms with van der Waals surface area (Å²) in [7, 11) is 0. The summed E-state index contributed by atoms with van der Waals surface area (Å²) in [6.07, 6.45) is 4.52. The molecule has 1 saturated carbocycles. The van der Waals surface area contributed by atoms with Gasteiger partial charge in [0.05, 0.1) is 6.42 Å². The summed E-state index contributed by atoms with van der Waals surface area (Å²) in [6, 6.07) is 15.8. The zero-order valence-electron chi connectivity index (χ0n) is 16.6. The second-order valence-corrected chi connectivity index (χ2v) is 8.66. The molecule has 2 fully saturated rings. The first-order valence-corrected chi connectivity index (χ1v) is 10.6. The maximum absolute atomic E-state index is 12.8. The van der Waals surface area contributed by atoms with Crippen molar-refractivity contribution in [3.05, 3.63) is 59.7 Å². The normalized spacial score (nSPS) is 21.7. The molecule has 5 rings (SSSR count). The molecule has 2 aromatic rings. The number of amides is 2. The number of carbonyl (C=O) groups is 2. The number of carbonyl (C=O) groups excluding carboxylic acids is 2. The fourth-order valence-corrected chi connectivity index (χ4v) is 5.00. The van der Waals surface area contributed by atoms with Gasteiger partial charge in [0.25, 0.3) is 0 Å². The Morgan fingerprint density at radius 2 is 1.83 bits per heavy atom. The van der Waals surface area contributed by atoms with E-state index in [2.05, 4.69) is 16.7 Å². The Hall–Kier alpha value is -2.66. The van der Waals surface area contributed by atoms with Gasteiger partial charge in [-0.3, -0.25) is 9.59 Å². The molecule has 1 spiro atoms. The first kappa shape index (κ1) is 18.4. The van der Waals surface area contributed by atoms with Crippen LogP contribution in [0.4, 0.5) is 11.4 Å². The number of fused-ring (bicyclic) bond motifs is 1. The number of nitrogens with one attached hydrogen (secondary N) is 2. The topological polar surface area (TPSA) is 61.4 Å². The lowest BCUT2D eigenvalue weighted by atomic mass is 9.92. The van der Waals surface area contributed by atoms with Crippen molar-refractivity contribution in [2.24, 2.45) is 11.3 Å². The van der Waals surface area contributed by atoms with Crippen molar-refractivity contribution in [3.8, 4) is 0 Å². The van der Waals surface area contributed by atoms with E-state index < -0.39 is 0 Å². The third kappa shape index (κ3) is 3.55. The fraction of sp³-hybridized carbons (Fsp3) is 0.417. The zero-order valence-corrected chi connectivity index (χ0v) is 16.6. The van der Waals surface area contributed by atoms with Crippen LogP contribution in [0.2, 0.25) is 0 Å². The van der Waals surface area contributed by atoms with Gasteiger partial charge in [0, 0.05) is 23.8 Å². The van der Waals surface area contributed by atoms with Gasteiger partial charge < -0.3 is 15.5 Å². The third-order valence-electron chi connectivity index (χ3n) is 6.87. The smallest absolute Gasteiger partial charge is 0.231 e. The lowest BCUT2D eigenvalue weighted by Gasteiger charge is -2.23. The number of hydrogen-bond acceptors (Lipinski definition) is 3.